The zero-order valence-electron chi connectivity index (χ0n) is 11.6. The van der Waals surface area contributed by atoms with Gasteiger partial charge in [-0.15, -0.1) is 11.3 Å². The molecule has 1 aromatic heterocycles. The molecule has 1 saturated heterocycles. The lowest BCUT2D eigenvalue weighted by atomic mass is 9.93. The molecule has 3 rings (SSSR count). The third-order valence-electron chi connectivity index (χ3n) is 4.30. The highest BCUT2D eigenvalue weighted by Crippen LogP contribution is 2.36. The molecule has 2 nitrogen and oxygen atoms in total. The molecule has 2 atom stereocenters. The van der Waals surface area contributed by atoms with Gasteiger partial charge >= 0.3 is 0 Å². The van der Waals surface area contributed by atoms with Crippen LogP contribution in [0.4, 0.5) is 0 Å². The van der Waals surface area contributed by atoms with E-state index < -0.39 is 0 Å². The van der Waals surface area contributed by atoms with E-state index in [9.17, 15) is 0 Å². The second-order valence-electron chi connectivity index (χ2n) is 5.95. The molecule has 19 heavy (non-hydrogen) atoms. The van der Waals surface area contributed by atoms with Gasteiger partial charge in [-0.2, -0.15) is 0 Å². The van der Waals surface area contributed by atoms with Crippen molar-refractivity contribution in [1.29, 1.82) is 0 Å². The summed E-state index contributed by atoms with van der Waals surface area (Å²) in [5.41, 5.74) is 1.59. The third kappa shape index (κ3) is 3.52. The molecular formula is C15H23IN2S. The molecule has 1 N–H and O–H groups in total. The van der Waals surface area contributed by atoms with E-state index in [-0.39, 0.29) is 0 Å². The molecule has 0 bridgehead atoms. The second-order valence-corrected chi connectivity index (χ2v) is 8.98. The normalized spacial score (nSPS) is 25.5. The van der Waals surface area contributed by atoms with Gasteiger partial charge in [-0.1, -0.05) is 0 Å². The quantitative estimate of drug-likeness (QED) is 0.787. The molecule has 2 aliphatic rings. The van der Waals surface area contributed by atoms with Crippen LogP contribution in [0.1, 0.15) is 49.1 Å². The summed E-state index contributed by atoms with van der Waals surface area (Å²) in [6.07, 6.45) is 6.73. The molecule has 2 unspecified atom stereocenters. The number of likely N-dealkylation sites (tertiary alicyclic amines) is 1. The minimum absolute atomic E-state index is 0.598. The number of aryl methyl sites for hydroxylation is 1. The molecule has 0 spiro atoms. The van der Waals surface area contributed by atoms with Crippen molar-refractivity contribution in [2.75, 3.05) is 19.6 Å². The van der Waals surface area contributed by atoms with Crippen molar-refractivity contribution in [3.63, 3.8) is 0 Å². The minimum atomic E-state index is 0.598. The van der Waals surface area contributed by atoms with Gasteiger partial charge in [0.05, 0.1) is 2.88 Å². The van der Waals surface area contributed by atoms with Crippen molar-refractivity contribution in [3.05, 3.63) is 19.4 Å². The molecule has 2 heterocycles. The Hall–Kier alpha value is 0.350. The number of hydrogen-bond donors (Lipinski definition) is 1. The summed E-state index contributed by atoms with van der Waals surface area (Å²) in [6, 6.07) is 3.60. The minimum Gasteiger partial charge on any atom is -0.306 e. The topological polar surface area (TPSA) is 15.3 Å². The number of nitrogens with zero attached hydrogens (tertiary/aromatic N) is 1. The van der Waals surface area contributed by atoms with Crippen LogP contribution in [-0.4, -0.2) is 30.6 Å². The van der Waals surface area contributed by atoms with Crippen LogP contribution >= 0.6 is 33.9 Å². The maximum Gasteiger partial charge on any atom is 0.0659 e. The van der Waals surface area contributed by atoms with Crippen molar-refractivity contribution < 1.29 is 0 Å². The molecule has 1 aromatic rings. The molecular weight excluding hydrogens is 367 g/mol. The van der Waals surface area contributed by atoms with E-state index in [4.69, 9.17) is 0 Å². The van der Waals surface area contributed by atoms with Crippen molar-refractivity contribution in [2.24, 2.45) is 0 Å². The van der Waals surface area contributed by atoms with Crippen LogP contribution in [0, 0.1) is 2.88 Å². The van der Waals surface area contributed by atoms with Gasteiger partial charge in [0.25, 0.3) is 0 Å². The highest BCUT2D eigenvalue weighted by Gasteiger charge is 2.24. The molecule has 1 aliphatic heterocycles. The van der Waals surface area contributed by atoms with Gasteiger partial charge in [-0.05, 0) is 86.3 Å². The molecule has 0 amide bonds. The smallest absolute Gasteiger partial charge is 0.0659 e. The summed E-state index contributed by atoms with van der Waals surface area (Å²) >= 11 is 4.46. The third-order valence-corrected chi connectivity index (χ3v) is 6.27. The lowest BCUT2D eigenvalue weighted by Crippen LogP contribution is -2.40. The van der Waals surface area contributed by atoms with Crippen LogP contribution in [0.3, 0.4) is 0 Å². The Bertz CT molecular complexity index is 426. The summed E-state index contributed by atoms with van der Waals surface area (Å²) in [4.78, 5) is 4.24. The molecule has 106 valence electrons. The highest BCUT2D eigenvalue weighted by atomic mass is 127. The Labute approximate surface area is 134 Å². The molecule has 0 saturated carbocycles. The van der Waals surface area contributed by atoms with Gasteiger partial charge in [0.15, 0.2) is 0 Å². The van der Waals surface area contributed by atoms with Crippen LogP contribution in [0.15, 0.2) is 6.07 Å². The summed E-state index contributed by atoms with van der Waals surface area (Å²) < 4.78 is 1.45. The van der Waals surface area contributed by atoms with Crippen molar-refractivity contribution in [3.8, 4) is 0 Å². The number of rotatable bonds is 4. The SMILES string of the molecule is CC(CN1CCCC1)NC1CCCc2sc(I)cc21. The fourth-order valence-electron chi connectivity index (χ4n) is 3.44. The molecule has 4 heteroatoms. The maximum atomic E-state index is 3.88. The largest absolute Gasteiger partial charge is 0.306 e. The molecule has 1 fully saturated rings. The Morgan fingerprint density at radius 2 is 2.21 bits per heavy atom. The van der Waals surface area contributed by atoms with Gasteiger partial charge in [0.2, 0.25) is 0 Å². The predicted molar refractivity (Wildman–Crippen MR) is 91.0 cm³/mol. The highest BCUT2D eigenvalue weighted by molar-refractivity contribution is 14.1. The van der Waals surface area contributed by atoms with E-state index in [2.05, 4.69) is 45.8 Å². The Balaban J connectivity index is 1.60. The van der Waals surface area contributed by atoms with Crippen LogP contribution in [0.5, 0.6) is 0 Å². The van der Waals surface area contributed by atoms with Gasteiger partial charge in [0.1, 0.15) is 0 Å². The van der Waals surface area contributed by atoms with Gasteiger partial charge in [0, 0.05) is 23.5 Å². The zero-order chi connectivity index (χ0) is 13.2. The summed E-state index contributed by atoms with van der Waals surface area (Å²) in [5, 5.41) is 3.88. The first-order chi connectivity index (χ1) is 9.22. The second kappa shape index (κ2) is 6.41. The zero-order valence-corrected chi connectivity index (χ0v) is 14.6. The average molecular weight is 390 g/mol. The summed E-state index contributed by atoms with van der Waals surface area (Å²) in [7, 11) is 0. The lowest BCUT2D eigenvalue weighted by Gasteiger charge is -2.29. The van der Waals surface area contributed by atoms with Gasteiger partial charge in [-0.25, -0.2) is 0 Å². The van der Waals surface area contributed by atoms with Crippen molar-refractivity contribution in [2.45, 2.75) is 51.1 Å². The average Bonchev–Trinajstić information content (AvgIpc) is 2.97. The fraction of sp³-hybridized carbons (Fsp3) is 0.733. The van der Waals surface area contributed by atoms with E-state index in [1.54, 1.807) is 10.4 Å². The van der Waals surface area contributed by atoms with E-state index in [0.29, 0.717) is 12.1 Å². The monoisotopic (exact) mass is 390 g/mol. The van der Waals surface area contributed by atoms with Crippen LogP contribution in [0.25, 0.3) is 0 Å². The van der Waals surface area contributed by atoms with E-state index in [0.717, 1.165) is 0 Å². The molecule has 0 aromatic carbocycles. The van der Waals surface area contributed by atoms with E-state index >= 15 is 0 Å². The maximum absolute atomic E-state index is 3.88. The summed E-state index contributed by atoms with van der Waals surface area (Å²) in [5.74, 6) is 0. The lowest BCUT2D eigenvalue weighted by molar-refractivity contribution is 0.280. The Morgan fingerprint density at radius 1 is 1.42 bits per heavy atom. The number of halogens is 1. The first-order valence-corrected chi connectivity index (χ1v) is 9.38. The van der Waals surface area contributed by atoms with Gasteiger partial charge < -0.3 is 10.2 Å². The standard InChI is InChI=1S/C15H23IN2S/c1-11(10-18-7-2-3-8-18)17-13-5-4-6-14-12(13)9-15(16)19-14/h9,11,13,17H,2-8,10H2,1H3. The fourth-order valence-corrected chi connectivity index (χ4v) is 5.56. The number of thiophene rings is 1. The van der Waals surface area contributed by atoms with E-state index in [1.807, 2.05) is 11.3 Å². The Morgan fingerprint density at radius 3 is 3.00 bits per heavy atom. The number of fused-ring (bicyclic) bond motifs is 1. The number of nitrogens with one attached hydrogen (secondary N) is 1. The van der Waals surface area contributed by atoms with Crippen molar-refractivity contribution >= 4 is 33.9 Å². The van der Waals surface area contributed by atoms with Gasteiger partial charge in [-0.3, -0.25) is 0 Å². The number of hydrogen-bond acceptors (Lipinski definition) is 3. The molecule has 0 radical (unpaired) electrons. The predicted octanol–water partition coefficient (Wildman–Crippen LogP) is 3.80. The van der Waals surface area contributed by atoms with Crippen LogP contribution in [-0.2, 0) is 6.42 Å². The Kier molecular flexibility index (Phi) is 4.82. The van der Waals surface area contributed by atoms with E-state index in [1.165, 1.54) is 54.6 Å². The van der Waals surface area contributed by atoms with Crippen molar-refractivity contribution in [1.82, 2.24) is 10.2 Å². The van der Waals surface area contributed by atoms with Crippen LogP contribution in [0.2, 0.25) is 0 Å². The molecule has 1 aliphatic carbocycles. The van der Waals surface area contributed by atoms with Crippen LogP contribution < -0.4 is 5.32 Å². The summed E-state index contributed by atoms with van der Waals surface area (Å²) in [6.45, 7) is 6.17. The first kappa shape index (κ1) is 14.3. The first-order valence-electron chi connectivity index (χ1n) is 7.49.